The van der Waals surface area contributed by atoms with Crippen LogP contribution in [0.15, 0.2) is 18.2 Å². The summed E-state index contributed by atoms with van der Waals surface area (Å²) in [5.74, 6) is 0.569. The molecule has 27 heavy (non-hydrogen) atoms. The number of hydrogen-bond donors (Lipinski definition) is 1. The summed E-state index contributed by atoms with van der Waals surface area (Å²) in [5, 5.41) is 4.25. The predicted molar refractivity (Wildman–Crippen MR) is 103 cm³/mol. The van der Waals surface area contributed by atoms with Crippen LogP contribution in [0.3, 0.4) is 0 Å². The van der Waals surface area contributed by atoms with E-state index < -0.39 is 0 Å². The Morgan fingerprint density at radius 1 is 1.22 bits per heavy atom. The highest BCUT2D eigenvalue weighted by molar-refractivity contribution is 7.21. The van der Waals surface area contributed by atoms with Gasteiger partial charge in [0.15, 0.2) is 11.6 Å². The summed E-state index contributed by atoms with van der Waals surface area (Å²) < 4.78 is 20.8. The quantitative estimate of drug-likeness (QED) is 0.865. The van der Waals surface area contributed by atoms with Gasteiger partial charge in [0, 0.05) is 5.54 Å². The van der Waals surface area contributed by atoms with Crippen LogP contribution in [0.2, 0.25) is 0 Å². The fourth-order valence-electron chi connectivity index (χ4n) is 5.16. The van der Waals surface area contributed by atoms with Crippen molar-refractivity contribution in [3.8, 4) is 5.75 Å². The molecule has 0 radical (unpaired) electrons. The number of piperidine rings is 3. The van der Waals surface area contributed by atoms with Crippen molar-refractivity contribution in [1.82, 2.24) is 10.2 Å². The van der Waals surface area contributed by atoms with E-state index in [1.807, 2.05) is 6.07 Å². The monoisotopic (exact) mass is 386 g/mol. The van der Waals surface area contributed by atoms with Crippen molar-refractivity contribution >= 4 is 27.3 Å². The minimum Gasteiger partial charge on any atom is -0.486 e. The lowest BCUT2D eigenvalue weighted by Gasteiger charge is -2.52. The Labute approximate surface area is 161 Å². The maximum absolute atomic E-state index is 14.3. The molecule has 1 N–H and O–H groups in total. The molecule has 3 saturated heterocycles. The summed E-state index contributed by atoms with van der Waals surface area (Å²) in [6, 6.07) is 5.34. The van der Waals surface area contributed by atoms with Crippen LogP contribution in [0.5, 0.6) is 5.75 Å². The number of carbonyl (C=O) groups is 1. The van der Waals surface area contributed by atoms with Crippen molar-refractivity contribution in [1.29, 1.82) is 0 Å². The number of carbonyl (C=O) groups excluding carboxylic acids is 1. The van der Waals surface area contributed by atoms with Crippen LogP contribution in [-0.4, -0.2) is 41.6 Å². The van der Waals surface area contributed by atoms with Gasteiger partial charge in [-0.3, -0.25) is 9.69 Å². The molecule has 3 aliphatic heterocycles. The fraction of sp³-hybridized carbons (Fsp3) is 0.571. The van der Waals surface area contributed by atoms with E-state index in [4.69, 9.17) is 4.74 Å². The topological polar surface area (TPSA) is 41.6 Å². The summed E-state index contributed by atoms with van der Waals surface area (Å²) in [7, 11) is 0. The molecule has 5 fully saturated rings. The van der Waals surface area contributed by atoms with Gasteiger partial charge in [0.1, 0.15) is 0 Å². The van der Waals surface area contributed by atoms with Crippen molar-refractivity contribution in [2.45, 2.75) is 56.2 Å². The average Bonchev–Trinajstić information content (AvgIpc) is 3.60. The molecule has 4 heterocycles. The van der Waals surface area contributed by atoms with E-state index >= 15 is 0 Å². The van der Waals surface area contributed by atoms with E-state index in [9.17, 15) is 9.18 Å². The highest BCUT2D eigenvalue weighted by atomic mass is 32.1. The number of benzene rings is 1. The van der Waals surface area contributed by atoms with Crippen molar-refractivity contribution in [2.24, 2.45) is 5.92 Å². The van der Waals surface area contributed by atoms with Gasteiger partial charge in [-0.15, -0.1) is 11.3 Å². The number of nitrogens with zero attached hydrogens (tertiary/aromatic N) is 1. The highest BCUT2D eigenvalue weighted by Gasteiger charge is 2.60. The maximum Gasteiger partial charge on any atom is 0.261 e. The van der Waals surface area contributed by atoms with Gasteiger partial charge >= 0.3 is 0 Å². The molecule has 1 amide bonds. The van der Waals surface area contributed by atoms with E-state index in [2.05, 4.69) is 10.2 Å². The summed E-state index contributed by atoms with van der Waals surface area (Å²) in [5.41, 5.74) is 0.222. The third kappa shape index (κ3) is 2.53. The van der Waals surface area contributed by atoms with Gasteiger partial charge in [-0.25, -0.2) is 4.39 Å². The zero-order valence-electron chi connectivity index (χ0n) is 15.2. The van der Waals surface area contributed by atoms with E-state index in [1.54, 1.807) is 6.07 Å². The molecule has 1 atom stereocenters. The molecular formula is C21H23FN2O2S. The maximum atomic E-state index is 14.3. The Hall–Kier alpha value is -1.66. The minimum absolute atomic E-state index is 0.0148. The molecule has 5 aliphatic rings. The molecular weight excluding hydrogens is 363 g/mol. The van der Waals surface area contributed by atoms with Gasteiger partial charge in [-0.1, -0.05) is 6.07 Å². The van der Waals surface area contributed by atoms with Crippen LogP contribution >= 0.6 is 11.3 Å². The van der Waals surface area contributed by atoms with Gasteiger partial charge in [0.2, 0.25) is 0 Å². The van der Waals surface area contributed by atoms with Crippen molar-refractivity contribution in [3.05, 3.63) is 28.9 Å². The normalized spacial score (nSPS) is 30.6. The van der Waals surface area contributed by atoms with Crippen molar-refractivity contribution < 1.29 is 13.9 Å². The first-order valence-electron chi connectivity index (χ1n) is 10.1. The molecule has 4 nitrogen and oxygen atoms in total. The third-order valence-electron chi connectivity index (χ3n) is 6.89. The second kappa shape index (κ2) is 5.67. The Morgan fingerprint density at radius 3 is 2.70 bits per heavy atom. The third-order valence-corrected chi connectivity index (χ3v) is 8.04. The number of hydrogen-bond acceptors (Lipinski definition) is 4. The van der Waals surface area contributed by atoms with Gasteiger partial charge in [0.05, 0.1) is 21.7 Å². The molecule has 7 rings (SSSR count). The Balaban J connectivity index is 1.29. The van der Waals surface area contributed by atoms with Crippen LogP contribution in [0.1, 0.15) is 48.2 Å². The smallest absolute Gasteiger partial charge is 0.261 e. The van der Waals surface area contributed by atoms with Crippen LogP contribution in [-0.2, 0) is 0 Å². The molecule has 1 unspecified atom stereocenters. The van der Waals surface area contributed by atoms with E-state index in [0.717, 1.165) is 22.9 Å². The number of amides is 1. The largest absolute Gasteiger partial charge is 0.486 e. The Bertz CT molecular complexity index is 926. The number of thiophene rings is 1. The average molecular weight is 386 g/mol. The van der Waals surface area contributed by atoms with Gasteiger partial charge < -0.3 is 10.1 Å². The lowest BCUT2D eigenvalue weighted by molar-refractivity contribution is -0.00138. The highest BCUT2D eigenvalue weighted by Crippen LogP contribution is 2.53. The lowest BCUT2D eigenvalue weighted by atomic mass is 9.77. The first-order chi connectivity index (χ1) is 13.1. The SMILES string of the molecule is O=C(NC1C2CCN(CC2)C12CC2)c1cc2ccc(F)c(OC3CC3)c2s1. The predicted octanol–water partition coefficient (Wildman–Crippen LogP) is 3.94. The van der Waals surface area contributed by atoms with Gasteiger partial charge in [-0.05, 0) is 75.1 Å². The number of ether oxygens (including phenoxy) is 1. The minimum atomic E-state index is -0.336. The van der Waals surface area contributed by atoms with E-state index in [1.165, 1.54) is 56.2 Å². The van der Waals surface area contributed by atoms with Crippen LogP contribution in [0, 0.1) is 11.7 Å². The van der Waals surface area contributed by atoms with Crippen molar-refractivity contribution in [3.63, 3.8) is 0 Å². The lowest BCUT2D eigenvalue weighted by Crippen LogP contribution is -2.65. The molecule has 1 aromatic heterocycles. The number of fused-ring (bicyclic) bond motifs is 3. The molecule has 2 saturated carbocycles. The van der Waals surface area contributed by atoms with E-state index in [-0.39, 0.29) is 29.4 Å². The molecule has 142 valence electrons. The molecule has 2 bridgehead atoms. The number of halogens is 1. The number of nitrogens with one attached hydrogen (secondary N) is 1. The van der Waals surface area contributed by atoms with Crippen LogP contribution in [0.25, 0.3) is 10.1 Å². The summed E-state index contributed by atoms with van der Waals surface area (Å²) in [4.78, 5) is 16.3. The second-order valence-corrected chi connectivity index (χ2v) is 9.65. The molecule has 1 spiro atoms. The fourth-order valence-corrected chi connectivity index (χ4v) is 6.20. The molecule has 2 aliphatic carbocycles. The van der Waals surface area contributed by atoms with E-state index in [0.29, 0.717) is 16.5 Å². The summed E-state index contributed by atoms with van der Waals surface area (Å²) in [6.45, 7) is 2.36. The Kier molecular flexibility index (Phi) is 3.43. The first-order valence-corrected chi connectivity index (χ1v) is 10.9. The zero-order chi connectivity index (χ0) is 18.2. The standard InChI is InChI=1S/C21H23FN2O2S/c22-15-4-1-13-11-16(27-18(13)17(15)26-14-2-3-14)20(25)23-19-12-5-9-24(10-6-12)21(19)7-8-21/h1,4,11-12,14,19H,2-3,5-10H2,(H,23,25). The summed E-state index contributed by atoms with van der Waals surface area (Å²) in [6.07, 6.45) is 6.86. The first kappa shape index (κ1) is 16.3. The molecule has 1 aromatic carbocycles. The van der Waals surface area contributed by atoms with Gasteiger partial charge in [0.25, 0.3) is 5.91 Å². The summed E-state index contributed by atoms with van der Waals surface area (Å²) >= 11 is 1.35. The zero-order valence-corrected chi connectivity index (χ0v) is 16.0. The van der Waals surface area contributed by atoms with Crippen molar-refractivity contribution in [2.75, 3.05) is 13.1 Å². The molecule has 6 heteroatoms. The second-order valence-electron chi connectivity index (χ2n) is 8.60. The Morgan fingerprint density at radius 2 is 2.00 bits per heavy atom. The molecule has 2 aromatic rings. The van der Waals surface area contributed by atoms with Crippen LogP contribution in [0.4, 0.5) is 4.39 Å². The number of rotatable bonds is 4. The van der Waals surface area contributed by atoms with Crippen LogP contribution < -0.4 is 10.1 Å². The van der Waals surface area contributed by atoms with Gasteiger partial charge in [-0.2, -0.15) is 0 Å².